The van der Waals surface area contributed by atoms with Crippen LogP contribution >= 0.6 is 0 Å². The van der Waals surface area contributed by atoms with Crippen molar-refractivity contribution < 1.29 is 9.90 Å². The number of rotatable bonds is 5. The maximum atomic E-state index is 11.3. The number of hydrogen-bond acceptors (Lipinski definition) is 2. The van der Waals surface area contributed by atoms with E-state index in [1.54, 1.807) is 0 Å². The van der Waals surface area contributed by atoms with E-state index in [2.05, 4.69) is 5.32 Å². The van der Waals surface area contributed by atoms with E-state index in [9.17, 15) is 9.90 Å². The van der Waals surface area contributed by atoms with E-state index in [-0.39, 0.29) is 5.91 Å². The largest absolute Gasteiger partial charge is 0.388 e. The average molecular weight is 235 g/mol. The zero-order chi connectivity index (χ0) is 12.8. The van der Waals surface area contributed by atoms with Crippen LogP contribution in [-0.4, -0.2) is 17.6 Å². The molecule has 3 heteroatoms. The standard InChI is InChI=1S/C14H21NO2/c1-4-15-14(17)8-7-13(16)12-9-10(2)5-6-11(12)3/h5-6,9,13,16H,4,7-8H2,1-3H3,(H,15,17). The van der Waals surface area contributed by atoms with Crippen LogP contribution in [0, 0.1) is 13.8 Å². The summed E-state index contributed by atoms with van der Waals surface area (Å²) >= 11 is 0. The number of benzene rings is 1. The molecule has 1 aromatic rings. The van der Waals surface area contributed by atoms with Crippen LogP contribution < -0.4 is 5.32 Å². The number of aliphatic hydroxyl groups is 1. The fraction of sp³-hybridized carbons (Fsp3) is 0.500. The highest BCUT2D eigenvalue weighted by Crippen LogP contribution is 2.22. The Balaban J connectivity index is 2.60. The fourth-order valence-electron chi connectivity index (χ4n) is 1.83. The van der Waals surface area contributed by atoms with Crippen LogP contribution in [0.15, 0.2) is 18.2 Å². The second kappa shape index (κ2) is 6.40. The van der Waals surface area contributed by atoms with E-state index in [0.717, 1.165) is 16.7 Å². The van der Waals surface area contributed by atoms with Crippen molar-refractivity contribution in [2.75, 3.05) is 6.54 Å². The summed E-state index contributed by atoms with van der Waals surface area (Å²) in [4.78, 5) is 11.3. The van der Waals surface area contributed by atoms with Gasteiger partial charge in [-0.3, -0.25) is 4.79 Å². The highest BCUT2D eigenvalue weighted by Gasteiger charge is 2.12. The molecule has 0 heterocycles. The fourth-order valence-corrected chi connectivity index (χ4v) is 1.83. The summed E-state index contributed by atoms with van der Waals surface area (Å²) in [5, 5.41) is 12.8. The van der Waals surface area contributed by atoms with Gasteiger partial charge < -0.3 is 10.4 Å². The number of aliphatic hydroxyl groups excluding tert-OH is 1. The van der Waals surface area contributed by atoms with E-state index < -0.39 is 6.10 Å². The summed E-state index contributed by atoms with van der Waals surface area (Å²) in [5.41, 5.74) is 3.12. The molecule has 17 heavy (non-hydrogen) atoms. The lowest BCUT2D eigenvalue weighted by Gasteiger charge is -2.14. The van der Waals surface area contributed by atoms with E-state index >= 15 is 0 Å². The quantitative estimate of drug-likeness (QED) is 0.822. The summed E-state index contributed by atoms with van der Waals surface area (Å²) in [5.74, 6) is -0.00291. The molecule has 0 bridgehead atoms. The molecule has 0 aromatic heterocycles. The zero-order valence-corrected chi connectivity index (χ0v) is 10.8. The number of hydrogen-bond donors (Lipinski definition) is 2. The van der Waals surface area contributed by atoms with Crippen LogP contribution in [0.25, 0.3) is 0 Å². The molecule has 0 aliphatic rings. The van der Waals surface area contributed by atoms with Crippen molar-refractivity contribution in [3.05, 3.63) is 34.9 Å². The molecule has 0 radical (unpaired) electrons. The molecule has 94 valence electrons. The second-order valence-electron chi connectivity index (χ2n) is 4.37. The first-order valence-corrected chi connectivity index (χ1v) is 6.06. The Hall–Kier alpha value is -1.35. The minimum absolute atomic E-state index is 0.00291. The first-order chi connectivity index (χ1) is 8.04. The van der Waals surface area contributed by atoms with E-state index in [4.69, 9.17) is 0 Å². The molecule has 1 unspecified atom stereocenters. The third-order valence-electron chi connectivity index (χ3n) is 2.81. The van der Waals surface area contributed by atoms with Gasteiger partial charge in [0.05, 0.1) is 6.10 Å². The van der Waals surface area contributed by atoms with E-state index in [0.29, 0.717) is 19.4 Å². The second-order valence-corrected chi connectivity index (χ2v) is 4.37. The number of nitrogens with one attached hydrogen (secondary N) is 1. The third kappa shape index (κ3) is 4.19. The van der Waals surface area contributed by atoms with Crippen LogP contribution in [0.4, 0.5) is 0 Å². The van der Waals surface area contributed by atoms with Gasteiger partial charge in [0.1, 0.15) is 0 Å². The van der Waals surface area contributed by atoms with E-state index in [1.165, 1.54) is 0 Å². The number of aryl methyl sites for hydroxylation is 2. The lowest BCUT2D eigenvalue weighted by atomic mass is 9.98. The summed E-state index contributed by atoms with van der Waals surface area (Å²) in [6.45, 7) is 6.50. The van der Waals surface area contributed by atoms with Gasteiger partial charge in [0.2, 0.25) is 5.91 Å². The van der Waals surface area contributed by atoms with Gasteiger partial charge in [-0.25, -0.2) is 0 Å². The van der Waals surface area contributed by atoms with Crippen LogP contribution in [0.1, 0.15) is 42.6 Å². The SMILES string of the molecule is CCNC(=O)CCC(O)c1cc(C)ccc1C. The molecule has 1 aromatic carbocycles. The van der Waals surface area contributed by atoms with Gasteiger partial charge in [0.25, 0.3) is 0 Å². The Bertz CT molecular complexity index is 388. The summed E-state index contributed by atoms with van der Waals surface area (Å²) < 4.78 is 0. The van der Waals surface area contributed by atoms with Crippen molar-refractivity contribution in [3.8, 4) is 0 Å². The van der Waals surface area contributed by atoms with Crippen LogP contribution in [-0.2, 0) is 4.79 Å². The molecule has 0 saturated carbocycles. The Kier molecular flexibility index (Phi) is 5.16. The molecule has 0 spiro atoms. The highest BCUT2D eigenvalue weighted by atomic mass is 16.3. The van der Waals surface area contributed by atoms with Crippen molar-refractivity contribution in [1.29, 1.82) is 0 Å². The first kappa shape index (κ1) is 13.7. The van der Waals surface area contributed by atoms with Crippen molar-refractivity contribution in [3.63, 3.8) is 0 Å². The van der Waals surface area contributed by atoms with Crippen molar-refractivity contribution in [1.82, 2.24) is 5.32 Å². The van der Waals surface area contributed by atoms with Crippen molar-refractivity contribution >= 4 is 5.91 Å². The Morgan fingerprint density at radius 1 is 1.41 bits per heavy atom. The number of carbonyl (C=O) groups is 1. The Morgan fingerprint density at radius 3 is 2.76 bits per heavy atom. The molecule has 0 saturated heterocycles. The molecular weight excluding hydrogens is 214 g/mol. The molecular formula is C14H21NO2. The Morgan fingerprint density at radius 2 is 2.12 bits per heavy atom. The van der Waals surface area contributed by atoms with Gasteiger partial charge >= 0.3 is 0 Å². The van der Waals surface area contributed by atoms with Crippen molar-refractivity contribution in [2.45, 2.75) is 39.7 Å². The third-order valence-corrected chi connectivity index (χ3v) is 2.81. The van der Waals surface area contributed by atoms with Gasteiger partial charge in [-0.15, -0.1) is 0 Å². The zero-order valence-electron chi connectivity index (χ0n) is 10.8. The number of amides is 1. The van der Waals surface area contributed by atoms with Crippen LogP contribution in [0.3, 0.4) is 0 Å². The van der Waals surface area contributed by atoms with E-state index in [1.807, 2.05) is 39.0 Å². The lowest BCUT2D eigenvalue weighted by Crippen LogP contribution is -2.22. The molecule has 2 N–H and O–H groups in total. The van der Waals surface area contributed by atoms with Crippen molar-refractivity contribution in [2.24, 2.45) is 0 Å². The molecule has 1 rings (SSSR count). The smallest absolute Gasteiger partial charge is 0.220 e. The van der Waals surface area contributed by atoms with Gasteiger partial charge in [0, 0.05) is 13.0 Å². The lowest BCUT2D eigenvalue weighted by molar-refractivity contribution is -0.121. The van der Waals surface area contributed by atoms with Gasteiger partial charge in [-0.2, -0.15) is 0 Å². The van der Waals surface area contributed by atoms with Gasteiger partial charge in [-0.1, -0.05) is 23.8 Å². The summed E-state index contributed by atoms with van der Waals surface area (Å²) in [6.07, 6.45) is 0.274. The maximum absolute atomic E-state index is 11.3. The predicted molar refractivity (Wildman–Crippen MR) is 68.8 cm³/mol. The van der Waals surface area contributed by atoms with Crippen LogP contribution in [0.5, 0.6) is 0 Å². The predicted octanol–water partition coefficient (Wildman–Crippen LogP) is 2.25. The summed E-state index contributed by atoms with van der Waals surface area (Å²) in [6, 6.07) is 6.01. The Labute approximate surface area is 103 Å². The molecule has 1 atom stereocenters. The number of carbonyl (C=O) groups excluding carboxylic acids is 1. The normalized spacial score (nSPS) is 12.2. The molecule has 0 fully saturated rings. The maximum Gasteiger partial charge on any atom is 0.220 e. The van der Waals surface area contributed by atoms with Gasteiger partial charge in [0.15, 0.2) is 0 Å². The first-order valence-electron chi connectivity index (χ1n) is 6.06. The topological polar surface area (TPSA) is 49.3 Å². The monoisotopic (exact) mass is 235 g/mol. The minimum atomic E-state index is -0.558. The molecule has 1 amide bonds. The van der Waals surface area contributed by atoms with Gasteiger partial charge in [-0.05, 0) is 38.3 Å². The summed E-state index contributed by atoms with van der Waals surface area (Å²) in [7, 11) is 0. The highest BCUT2D eigenvalue weighted by molar-refractivity contribution is 5.75. The van der Waals surface area contributed by atoms with Crippen LogP contribution in [0.2, 0.25) is 0 Å². The average Bonchev–Trinajstić information content (AvgIpc) is 2.29. The molecule has 3 nitrogen and oxygen atoms in total. The molecule has 0 aliphatic carbocycles. The minimum Gasteiger partial charge on any atom is -0.388 e. The molecule has 0 aliphatic heterocycles.